The third kappa shape index (κ3) is 9.06. The Morgan fingerprint density at radius 2 is 1.89 bits per heavy atom. The van der Waals surface area contributed by atoms with Crippen molar-refractivity contribution in [2.24, 2.45) is 10.3 Å². The van der Waals surface area contributed by atoms with Crippen molar-refractivity contribution in [2.75, 3.05) is 23.9 Å². The fourth-order valence-electron chi connectivity index (χ4n) is 4.51. The number of oxime groups is 2. The topological polar surface area (TPSA) is 253 Å². The lowest BCUT2D eigenvalue weighted by molar-refractivity contribution is -0.167. The minimum atomic E-state index is -5.23. The number of carbonyl (C=O) groups excluding carboxylic acids is 3. The fraction of sp³-hybridized carbons (Fsp3) is 0.296. The van der Waals surface area contributed by atoms with Gasteiger partial charge in [0.2, 0.25) is 5.16 Å². The molecule has 0 aliphatic carbocycles. The Morgan fingerprint density at radius 3 is 2.55 bits per heavy atom. The molecule has 280 valence electrons. The lowest BCUT2D eigenvalue weighted by Crippen LogP contribution is -2.71. The predicted octanol–water partition coefficient (Wildman–Crippen LogP) is 1.31. The number of carboxylic acid groups (broad SMARTS) is 2. The zero-order valence-corrected chi connectivity index (χ0v) is 28.9. The molecule has 1 aromatic carbocycles. The summed E-state index contributed by atoms with van der Waals surface area (Å²) in [5.74, 6) is -7.53. The second kappa shape index (κ2) is 16.4. The highest BCUT2D eigenvalue weighted by Gasteiger charge is 2.54. The molecule has 2 atom stereocenters. The summed E-state index contributed by atoms with van der Waals surface area (Å²) in [7, 11) is 1.15. The Kier molecular flexibility index (Phi) is 11.9. The average molecular weight is 803 g/mol. The number of benzene rings is 1. The molecular weight excluding hydrogens is 781 g/mol. The number of rotatable bonds is 15. The summed E-state index contributed by atoms with van der Waals surface area (Å²) in [6.07, 6.45) is -5.23. The quantitative estimate of drug-likeness (QED) is 0.0556. The number of carboxylic acids is 2. The van der Waals surface area contributed by atoms with Crippen LogP contribution in [0.1, 0.15) is 11.3 Å². The number of thiazole rings is 1. The number of thioether (sulfide) groups is 2. The molecule has 19 nitrogen and oxygen atoms in total. The van der Waals surface area contributed by atoms with Gasteiger partial charge in [-0.1, -0.05) is 34.2 Å². The smallest absolute Gasteiger partial charge is 0.471 e. The third-order valence-corrected chi connectivity index (χ3v) is 10.0. The van der Waals surface area contributed by atoms with Crippen LogP contribution in [0.15, 0.2) is 56.4 Å². The van der Waals surface area contributed by atoms with Crippen molar-refractivity contribution in [2.45, 2.75) is 35.9 Å². The van der Waals surface area contributed by atoms with Crippen LogP contribution in [0.3, 0.4) is 0 Å². The van der Waals surface area contributed by atoms with Gasteiger partial charge in [-0.25, -0.2) is 23.6 Å². The fourth-order valence-corrected chi connectivity index (χ4v) is 7.56. The van der Waals surface area contributed by atoms with Gasteiger partial charge in [0.05, 0.1) is 6.54 Å². The summed E-state index contributed by atoms with van der Waals surface area (Å²) in [5, 5.41) is 41.4. The highest BCUT2D eigenvalue weighted by molar-refractivity contribution is 8.01. The summed E-state index contributed by atoms with van der Waals surface area (Å²) in [6, 6.07) is 3.74. The number of hydrogen-bond acceptors (Lipinski definition) is 16. The van der Waals surface area contributed by atoms with Crippen LogP contribution in [0.5, 0.6) is 0 Å². The van der Waals surface area contributed by atoms with Gasteiger partial charge in [0.15, 0.2) is 16.6 Å². The highest BCUT2D eigenvalue weighted by atomic mass is 32.2. The van der Waals surface area contributed by atoms with Crippen LogP contribution in [0, 0.1) is 5.82 Å². The molecule has 1 unspecified atom stereocenters. The van der Waals surface area contributed by atoms with Gasteiger partial charge in [-0.05, 0) is 33.7 Å². The SMILES string of the molecule is CON=C(Cn1nnnc1SCC1=C(C(=O)O)N2C(=O)C(NC(=O)C(=NOCc3ccc(F)cc3)c3csc(NC(=O)C(F)(F)F)n3)[C@H]2SC1)C(=O)O. The number of fused-ring (bicyclic) bond motifs is 1. The van der Waals surface area contributed by atoms with Crippen LogP contribution < -0.4 is 10.6 Å². The highest BCUT2D eigenvalue weighted by Crippen LogP contribution is 2.41. The van der Waals surface area contributed by atoms with Gasteiger partial charge in [-0.2, -0.15) is 13.2 Å². The van der Waals surface area contributed by atoms with E-state index in [2.05, 4.69) is 41.0 Å². The molecule has 2 aliphatic rings. The van der Waals surface area contributed by atoms with Crippen LogP contribution in [0.2, 0.25) is 0 Å². The molecule has 26 heteroatoms. The van der Waals surface area contributed by atoms with Crippen LogP contribution >= 0.6 is 34.9 Å². The van der Waals surface area contributed by atoms with E-state index in [4.69, 9.17) is 4.84 Å². The second-order valence-corrected chi connectivity index (χ2v) is 13.3. The zero-order chi connectivity index (χ0) is 38.4. The molecule has 1 fully saturated rings. The van der Waals surface area contributed by atoms with Gasteiger partial charge in [0, 0.05) is 16.9 Å². The van der Waals surface area contributed by atoms with Crippen LogP contribution in [0.4, 0.5) is 22.7 Å². The monoisotopic (exact) mass is 802 g/mol. The molecule has 2 aromatic heterocycles. The number of nitrogens with zero attached hydrogens (tertiary/aromatic N) is 8. The van der Waals surface area contributed by atoms with Crippen molar-refractivity contribution >= 4 is 81.1 Å². The lowest BCUT2D eigenvalue weighted by atomic mass is 10.0. The Labute approximate surface area is 305 Å². The Hall–Kier alpha value is -5.63. The predicted molar refractivity (Wildman–Crippen MR) is 175 cm³/mol. The number of nitrogens with one attached hydrogen (secondary N) is 2. The molecule has 5 rings (SSSR count). The number of aliphatic carboxylic acids is 2. The minimum Gasteiger partial charge on any atom is -0.477 e. The van der Waals surface area contributed by atoms with Crippen molar-refractivity contribution < 1.29 is 61.4 Å². The zero-order valence-electron chi connectivity index (χ0n) is 26.4. The van der Waals surface area contributed by atoms with Gasteiger partial charge < -0.3 is 25.2 Å². The van der Waals surface area contributed by atoms with Crippen LogP contribution in [-0.2, 0) is 46.8 Å². The van der Waals surface area contributed by atoms with E-state index in [9.17, 15) is 51.7 Å². The van der Waals surface area contributed by atoms with Crippen LogP contribution in [-0.4, -0.2) is 118 Å². The first-order valence-electron chi connectivity index (χ1n) is 14.4. The molecule has 3 aromatic rings. The standard InChI is InChI=1S/C27H22F4N10O9S3/c1-49-36-14(22(44)45)6-40-26(35-38-39-40)53-9-12-8-51-21-17(20(43)41(21)18(12)23(46)47)33-19(42)16(37-50-7-11-2-4-13(28)5-3-11)15-10-52-25(32-15)34-24(48)27(29,30)31/h2-5,10,17,21H,6-9H2,1H3,(H,33,42)(H,44,45)(H,46,47)(H,32,34,48)/t17?,21-/m1/s1. The molecule has 4 heterocycles. The second-order valence-electron chi connectivity index (χ2n) is 10.4. The van der Waals surface area contributed by atoms with Crippen molar-refractivity contribution in [3.05, 3.63) is 58.0 Å². The molecule has 4 N–H and O–H groups in total. The van der Waals surface area contributed by atoms with E-state index < -0.39 is 69.6 Å². The van der Waals surface area contributed by atoms with Gasteiger partial charge in [-0.15, -0.1) is 28.2 Å². The van der Waals surface area contributed by atoms with Crippen molar-refractivity contribution in [1.29, 1.82) is 0 Å². The molecule has 53 heavy (non-hydrogen) atoms. The summed E-state index contributed by atoms with van der Waals surface area (Å²) >= 11 is 2.61. The maximum atomic E-state index is 13.5. The molecule has 0 spiro atoms. The normalized spacial score (nSPS) is 17.5. The van der Waals surface area contributed by atoms with Crippen LogP contribution in [0.25, 0.3) is 0 Å². The maximum Gasteiger partial charge on any atom is 0.471 e. The van der Waals surface area contributed by atoms with E-state index in [1.165, 1.54) is 12.1 Å². The minimum absolute atomic E-state index is 0.0361. The van der Waals surface area contributed by atoms with Gasteiger partial charge >= 0.3 is 24.0 Å². The molecule has 1 saturated heterocycles. The van der Waals surface area contributed by atoms with E-state index >= 15 is 0 Å². The van der Waals surface area contributed by atoms with E-state index in [1.54, 1.807) is 5.32 Å². The Balaban J connectivity index is 1.31. The number of carbonyl (C=O) groups is 5. The average Bonchev–Trinajstić information content (AvgIpc) is 3.76. The van der Waals surface area contributed by atoms with Gasteiger partial charge in [-0.3, -0.25) is 24.6 Å². The lowest BCUT2D eigenvalue weighted by Gasteiger charge is -2.49. The molecule has 3 amide bonds. The number of anilines is 1. The first-order chi connectivity index (χ1) is 25.2. The number of aromatic nitrogens is 5. The third-order valence-electron chi connectivity index (χ3n) is 6.90. The summed E-state index contributed by atoms with van der Waals surface area (Å²) in [4.78, 5) is 76.6. The number of tetrazole rings is 1. The van der Waals surface area contributed by atoms with Gasteiger partial charge in [0.25, 0.3) is 11.8 Å². The molecule has 0 bridgehead atoms. The van der Waals surface area contributed by atoms with E-state index in [-0.39, 0.29) is 46.8 Å². The van der Waals surface area contributed by atoms with Crippen molar-refractivity contribution in [1.82, 2.24) is 35.4 Å². The first kappa shape index (κ1) is 38.6. The molecule has 0 saturated carbocycles. The van der Waals surface area contributed by atoms with E-state index in [1.807, 2.05) is 0 Å². The van der Waals surface area contributed by atoms with E-state index in [0.717, 1.165) is 57.7 Å². The molecule has 0 radical (unpaired) electrons. The van der Waals surface area contributed by atoms with Gasteiger partial charge in [0.1, 0.15) is 42.3 Å². The largest absolute Gasteiger partial charge is 0.477 e. The number of amides is 3. The number of halogens is 4. The molecular formula is C27H22F4N10O9S3. The molecule has 2 aliphatic heterocycles. The summed E-state index contributed by atoms with van der Waals surface area (Å²) < 4.78 is 52.7. The number of alkyl halides is 3. The van der Waals surface area contributed by atoms with E-state index in [0.29, 0.717) is 16.9 Å². The maximum absolute atomic E-state index is 13.5. The van der Waals surface area contributed by atoms with Crippen molar-refractivity contribution in [3.8, 4) is 0 Å². The summed E-state index contributed by atoms with van der Waals surface area (Å²) in [6.45, 7) is -0.659. The first-order valence-corrected chi connectivity index (χ1v) is 17.3. The Morgan fingerprint density at radius 1 is 1.15 bits per heavy atom. The number of β-lactam (4-membered cyclic amide) rings is 1. The summed E-state index contributed by atoms with van der Waals surface area (Å²) in [5.41, 5.74) is -0.998. The number of hydrogen-bond donors (Lipinski definition) is 4. The Bertz CT molecular complexity index is 2020. The van der Waals surface area contributed by atoms with Crippen molar-refractivity contribution in [3.63, 3.8) is 0 Å².